The fourth-order valence-electron chi connectivity index (χ4n) is 7.29. The Morgan fingerprint density at radius 2 is 1.52 bits per heavy atom. The zero-order chi connectivity index (χ0) is 33.3. The van der Waals surface area contributed by atoms with Crippen LogP contribution in [0.4, 0.5) is 11.4 Å². The molecule has 0 bridgehead atoms. The van der Waals surface area contributed by atoms with Crippen molar-refractivity contribution in [1.29, 1.82) is 0 Å². The van der Waals surface area contributed by atoms with Crippen molar-refractivity contribution < 1.29 is 19.1 Å². The quantitative estimate of drug-likeness (QED) is 0.291. The molecule has 6 heterocycles. The molecule has 248 valence electrons. The molecular weight excluding hydrogens is 659 g/mol. The van der Waals surface area contributed by atoms with Crippen molar-refractivity contribution in [3.05, 3.63) is 80.1 Å². The summed E-state index contributed by atoms with van der Waals surface area (Å²) in [6, 6.07) is 10.5. The number of nitrogens with one attached hydrogen (secondary N) is 1. The highest BCUT2D eigenvalue weighted by atomic mass is 35.5. The third kappa shape index (κ3) is 4.88. The molecule has 48 heavy (non-hydrogen) atoms. The van der Waals surface area contributed by atoms with Gasteiger partial charge in [-0.3, -0.25) is 28.5 Å². The molecule has 2 amide bonds. The van der Waals surface area contributed by atoms with E-state index >= 15 is 0 Å². The minimum Gasteiger partial charge on any atom is -0.482 e. The van der Waals surface area contributed by atoms with Crippen LogP contribution in [0.3, 0.4) is 0 Å². The van der Waals surface area contributed by atoms with Crippen LogP contribution in [0.5, 0.6) is 11.5 Å². The number of hydrogen-bond acceptors (Lipinski definition) is 6. The van der Waals surface area contributed by atoms with Crippen LogP contribution >= 0.6 is 23.2 Å². The fraction of sp³-hybridized carbons (Fsp3) is 0.353. The Morgan fingerprint density at radius 3 is 2.25 bits per heavy atom. The summed E-state index contributed by atoms with van der Waals surface area (Å²) in [7, 11) is 0. The number of benzene rings is 2. The lowest BCUT2D eigenvalue weighted by atomic mass is 9.94. The van der Waals surface area contributed by atoms with Crippen molar-refractivity contribution in [1.82, 2.24) is 18.7 Å². The molecule has 0 fully saturated rings. The molecule has 2 aromatic carbocycles. The Hall–Kier alpha value is -4.68. The summed E-state index contributed by atoms with van der Waals surface area (Å²) >= 11 is 13.5. The highest BCUT2D eigenvalue weighted by molar-refractivity contribution is 6.32. The summed E-state index contributed by atoms with van der Waals surface area (Å²) in [6.45, 7) is 6.19. The summed E-state index contributed by atoms with van der Waals surface area (Å²) in [5, 5.41) is 3.48. The number of hydrogen-bond donors (Lipinski definition) is 1. The highest BCUT2D eigenvalue weighted by Gasteiger charge is 2.38. The minimum absolute atomic E-state index is 0.0443. The molecule has 4 aromatic rings. The molecule has 8 rings (SSSR count). The van der Waals surface area contributed by atoms with Crippen LogP contribution in [0.25, 0.3) is 22.3 Å². The molecule has 2 unspecified atom stereocenters. The molecule has 4 aliphatic rings. The monoisotopic (exact) mass is 690 g/mol. The van der Waals surface area contributed by atoms with E-state index in [1.165, 1.54) is 0 Å². The van der Waals surface area contributed by atoms with Gasteiger partial charge in [-0.15, -0.1) is 6.58 Å². The number of carbonyl (C=O) groups excluding carboxylic acids is 2. The Labute approximate surface area is 284 Å². The van der Waals surface area contributed by atoms with E-state index in [9.17, 15) is 19.2 Å². The lowest BCUT2D eigenvalue weighted by molar-refractivity contribution is -0.127. The number of rotatable bonds is 6. The minimum atomic E-state index is -0.777. The first kappa shape index (κ1) is 30.6. The fourth-order valence-corrected chi connectivity index (χ4v) is 8.03. The second-order valence-corrected chi connectivity index (χ2v) is 13.3. The van der Waals surface area contributed by atoms with Crippen LogP contribution in [0.15, 0.2) is 58.6 Å². The van der Waals surface area contributed by atoms with E-state index in [0.717, 1.165) is 12.8 Å². The van der Waals surface area contributed by atoms with Crippen molar-refractivity contribution in [2.45, 2.75) is 58.0 Å². The summed E-state index contributed by atoms with van der Waals surface area (Å²) in [6.07, 6.45) is 3.82. The predicted octanol–water partition coefficient (Wildman–Crippen LogP) is 4.77. The van der Waals surface area contributed by atoms with Crippen molar-refractivity contribution >= 4 is 46.4 Å². The van der Waals surface area contributed by atoms with E-state index in [0.29, 0.717) is 94.5 Å². The summed E-state index contributed by atoms with van der Waals surface area (Å²) in [5.41, 5.74) is 2.59. The van der Waals surface area contributed by atoms with E-state index in [1.807, 2.05) is 10.7 Å². The maximum atomic E-state index is 13.9. The van der Waals surface area contributed by atoms with Gasteiger partial charge in [-0.25, -0.2) is 9.36 Å². The van der Waals surface area contributed by atoms with Crippen molar-refractivity contribution in [2.24, 2.45) is 5.92 Å². The lowest BCUT2D eigenvalue weighted by Gasteiger charge is -2.36. The van der Waals surface area contributed by atoms with Crippen LogP contribution < -0.4 is 30.8 Å². The van der Waals surface area contributed by atoms with Gasteiger partial charge in [0.2, 0.25) is 0 Å². The number of nitrogens with zero attached hydrogens (tertiary/aromatic N) is 5. The number of fused-ring (bicyclic) bond motifs is 4. The zero-order valence-electron chi connectivity index (χ0n) is 25.9. The molecule has 14 heteroatoms. The molecule has 12 nitrogen and oxygen atoms in total. The standard InChI is InChI=1S/C34H32Cl2N6O6/c1-2-10-38-23-16-21(29-30(35)39-11-3-4-12-41(39)33(29)45)6-8-25(23)48-26(32(38)44)14-19-9-13-40-31(36)28(34(46)42(40)17-19)20-5-7-24-22(15-20)37-27(43)18-47-24/h2,5-8,15-16,19,26H,1,3-4,9-14,17-18H2,(H,37,43). The van der Waals surface area contributed by atoms with Crippen LogP contribution in [0, 0.1) is 5.92 Å². The Balaban J connectivity index is 1.05. The average molecular weight is 692 g/mol. The van der Waals surface area contributed by atoms with E-state index in [1.54, 1.807) is 55.4 Å². The van der Waals surface area contributed by atoms with Crippen molar-refractivity contribution in [3.63, 3.8) is 0 Å². The molecule has 0 radical (unpaired) electrons. The summed E-state index contributed by atoms with van der Waals surface area (Å²) in [5.74, 6) is 0.521. The average Bonchev–Trinajstić information content (AvgIpc) is 3.49. The second-order valence-electron chi connectivity index (χ2n) is 12.6. The Kier molecular flexibility index (Phi) is 7.52. The number of ether oxygens (including phenoxy) is 2. The van der Waals surface area contributed by atoms with Crippen LogP contribution in [0.1, 0.15) is 25.7 Å². The molecule has 0 saturated carbocycles. The lowest BCUT2D eigenvalue weighted by Crippen LogP contribution is -2.47. The number of halogens is 2. The molecule has 0 aliphatic carbocycles. The third-order valence-corrected chi connectivity index (χ3v) is 10.4. The highest BCUT2D eigenvalue weighted by Crippen LogP contribution is 2.41. The topological polar surface area (TPSA) is 122 Å². The van der Waals surface area contributed by atoms with Crippen LogP contribution in [-0.2, 0) is 35.8 Å². The van der Waals surface area contributed by atoms with Gasteiger partial charge in [0.05, 0.1) is 22.5 Å². The van der Waals surface area contributed by atoms with Crippen LogP contribution in [0.2, 0.25) is 10.3 Å². The van der Waals surface area contributed by atoms with Gasteiger partial charge in [-0.05, 0) is 67.0 Å². The van der Waals surface area contributed by atoms with Crippen molar-refractivity contribution in [3.8, 4) is 33.8 Å². The number of aromatic nitrogens is 4. The first-order chi connectivity index (χ1) is 23.2. The van der Waals surface area contributed by atoms with E-state index in [-0.39, 0.29) is 42.0 Å². The summed E-state index contributed by atoms with van der Waals surface area (Å²) in [4.78, 5) is 54.4. The Bertz CT molecular complexity index is 2140. The van der Waals surface area contributed by atoms with Crippen LogP contribution in [-0.4, -0.2) is 49.8 Å². The second kappa shape index (κ2) is 11.8. The maximum Gasteiger partial charge on any atom is 0.276 e. The van der Waals surface area contributed by atoms with Gasteiger partial charge in [-0.1, -0.05) is 41.4 Å². The molecule has 1 N–H and O–H groups in total. The largest absolute Gasteiger partial charge is 0.482 e. The Morgan fingerprint density at radius 1 is 0.854 bits per heavy atom. The van der Waals surface area contributed by atoms with Crippen molar-refractivity contribution in [2.75, 3.05) is 23.4 Å². The molecule has 2 atom stereocenters. The first-order valence-electron chi connectivity index (χ1n) is 16.0. The van der Waals surface area contributed by atoms with Gasteiger partial charge in [0, 0.05) is 32.7 Å². The molecular formula is C34H32Cl2N6O6. The van der Waals surface area contributed by atoms with Gasteiger partial charge in [0.1, 0.15) is 21.8 Å². The smallest absolute Gasteiger partial charge is 0.276 e. The van der Waals surface area contributed by atoms with Gasteiger partial charge < -0.3 is 19.7 Å². The summed E-state index contributed by atoms with van der Waals surface area (Å²) < 4.78 is 18.7. The van der Waals surface area contributed by atoms with Gasteiger partial charge in [0.25, 0.3) is 22.9 Å². The maximum absolute atomic E-state index is 13.9. The molecule has 0 spiro atoms. The third-order valence-electron chi connectivity index (χ3n) is 9.62. The van der Waals surface area contributed by atoms with Gasteiger partial charge in [0.15, 0.2) is 12.7 Å². The predicted molar refractivity (Wildman–Crippen MR) is 181 cm³/mol. The zero-order valence-corrected chi connectivity index (χ0v) is 27.4. The number of carbonyl (C=O) groups is 2. The normalized spacial score (nSPS) is 19.8. The van der Waals surface area contributed by atoms with E-state index in [2.05, 4.69) is 11.9 Å². The van der Waals surface area contributed by atoms with Gasteiger partial charge in [-0.2, -0.15) is 0 Å². The molecule has 2 aromatic heterocycles. The SMILES string of the molecule is C=CCN1C(=O)C(CC2CCn3c(Cl)c(-c4ccc5c(c4)NC(=O)CO5)c(=O)n3C2)Oc2ccc(-c3c(Cl)n4n(c3=O)CCCC4)cc21. The number of anilines is 2. The number of amides is 2. The van der Waals surface area contributed by atoms with Gasteiger partial charge >= 0.3 is 0 Å². The first-order valence-corrected chi connectivity index (χ1v) is 16.8. The van der Waals surface area contributed by atoms with E-state index < -0.39 is 6.10 Å². The van der Waals surface area contributed by atoms with E-state index in [4.69, 9.17) is 32.7 Å². The molecule has 4 aliphatic heterocycles. The molecule has 0 saturated heterocycles.